The van der Waals surface area contributed by atoms with Crippen molar-refractivity contribution in [1.82, 2.24) is 0 Å². The molecule has 0 amide bonds. The lowest BCUT2D eigenvalue weighted by Gasteiger charge is -1.96. The van der Waals surface area contributed by atoms with Crippen LogP contribution in [0, 0.1) is 0 Å². The third-order valence-corrected chi connectivity index (χ3v) is 1.83. The lowest BCUT2D eigenvalue weighted by Crippen LogP contribution is -3.00. The van der Waals surface area contributed by atoms with Gasteiger partial charge in [-0.2, -0.15) is 0 Å². The van der Waals surface area contributed by atoms with Crippen molar-refractivity contribution in [1.29, 1.82) is 0 Å². The number of hydrogen-bond acceptors (Lipinski definition) is 0. The Bertz CT molecular complexity index is 325. The minimum absolute atomic E-state index is 0. The Balaban J connectivity index is 0.00000169. The second-order valence-corrected chi connectivity index (χ2v) is 2.87. The van der Waals surface area contributed by atoms with Crippen molar-refractivity contribution >= 4 is 6.08 Å². The average Bonchev–Trinajstić information content (AvgIpc) is 2.19. The molecular weight excluding hydrogens is 285 g/mol. The maximum Gasteiger partial charge on any atom is 0.173 e. The summed E-state index contributed by atoms with van der Waals surface area (Å²) in [6, 6.07) is 4.03. The first kappa shape index (κ1) is 13.1. The number of allylic oxidation sites excluding steroid dienone is 2. The van der Waals surface area contributed by atoms with Crippen LogP contribution in [0.2, 0.25) is 0 Å². The van der Waals surface area contributed by atoms with Gasteiger partial charge in [-0.1, -0.05) is 31.9 Å². The standard InChI is InChI=1S/C12H14N.HI/c1-4-11(3)10-13-8-6-12(5-2)7-9-13;/h4-9H,1-3,10H2;1H/q+1;/p-1. The van der Waals surface area contributed by atoms with E-state index in [-0.39, 0.29) is 24.0 Å². The Morgan fingerprint density at radius 3 is 2.29 bits per heavy atom. The highest BCUT2D eigenvalue weighted by Crippen LogP contribution is 1.97. The van der Waals surface area contributed by atoms with Crippen LogP contribution in [0.4, 0.5) is 0 Å². The van der Waals surface area contributed by atoms with Crippen molar-refractivity contribution in [3.8, 4) is 0 Å². The highest BCUT2D eigenvalue weighted by molar-refractivity contribution is 5.44. The molecule has 0 fully saturated rings. The number of nitrogens with zero attached hydrogens (tertiary/aromatic N) is 1. The van der Waals surface area contributed by atoms with E-state index in [2.05, 4.69) is 24.3 Å². The third-order valence-electron chi connectivity index (χ3n) is 1.83. The highest BCUT2D eigenvalue weighted by Gasteiger charge is 1.99. The van der Waals surface area contributed by atoms with E-state index in [1.165, 1.54) is 0 Å². The lowest BCUT2D eigenvalue weighted by molar-refractivity contribution is -0.688. The van der Waals surface area contributed by atoms with E-state index < -0.39 is 0 Å². The van der Waals surface area contributed by atoms with E-state index in [0.717, 1.165) is 17.7 Å². The molecule has 14 heavy (non-hydrogen) atoms. The first-order valence-corrected chi connectivity index (χ1v) is 4.18. The van der Waals surface area contributed by atoms with Gasteiger partial charge >= 0.3 is 0 Å². The summed E-state index contributed by atoms with van der Waals surface area (Å²) in [4.78, 5) is 0. The van der Waals surface area contributed by atoms with Gasteiger partial charge in [0.05, 0.1) is 0 Å². The van der Waals surface area contributed by atoms with Crippen LogP contribution in [0.25, 0.3) is 6.08 Å². The maximum atomic E-state index is 3.85. The van der Waals surface area contributed by atoms with Crippen molar-refractivity contribution < 1.29 is 28.5 Å². The molecular formula is C12H14IN. The van der Waals surface area contributed by atoms with Crippen molar-refractivity contribution in [3.63, 3.8) is 0 Å². The van der Waals surface area contributed by atoms with Gasteiger partial charge in [-0.3, -0.25) is 0 Å². The fourth-order valence-electron chi connectivity index (χ4n) is 1.01. The molecule has 0 bridgehead atoms. The number of rotatable bonds is 4. The van der Waals surface area contributed by atoms with Crippen LogP contribution in [0.3, 0.4) is 0 Å². The Labute approximate surface area is 102 Å². The molecule has 0 aliphatic rings. The van der Waals surface area contributed by atoms with Crippen LogP contribution >= 0.6 is 0 Å². The third kappa shape index (κ3) is 3.87. The smallest absolute Gasteiger partial charge is 0.173 e. The molecule has 1 rings (SSSR count). The molecule has 0 radical (unpaired) electrons. The lowest BCUT2D eigenvalue weighted by atomic mass is 10.2. The molecule has 2 heteroatoms. The summed E-state index contributed by atoms with van der Waals surface area (Å²) in [5.74, 6) is 0. The van der Waals surface area contributed by atoms with Crippen molar-refractivity contribution in [3.05, 3.63) is 61.5 Å². The molecule has 0 aliphatic heterocycles. The van der Waals surface area contributed by atoms with Crippen molar-refractivity contribution in [2.75, 3.05) is 0 Å². The maximum absolute atomic E-state index is 3.85. The van der Waals surface area contributed by atoms with Gasteiger partial charge in [0.2, 0.25) is 0 Å². The molecule has 74 valence electrons. The Kier molecular flexibility index (Phi) is 6.12. The van der Waals surface area contributed by atoms with Gasteiger partial charge in [-0.15, -0.1) is 0 Å². The number of aromatic nitrogens is 1. The Morgan fingerprint density at radius 1 is 1.29 bits per heavy atom. The predicted molar refractivity (Wildman–Crippen MR) is 56.1 cm³/mol. The zero-order valence-corrected chi connectivity index (χ0v) is 10.3. The molecule has 1 nitrogen and oxygen atoms in total. The van der Waals surface area contributed by atoms with Gasteiger partial charge in [0.25, 0.3) is 0 Å². The SMILES string of the molecule is C=CC(=C)C[n+]1ccc(C=C)cc1.[I-]. The fourth-order valence-corrected chi connectivity index (χ4v) is 1.01. The molecule has 0 aromatic carbocycles. The Hall–Kier alpha value is -0.900. The molecule has 0 unspecified atom stereocenters. The van der Waals surface area contributed by atoms with Crippen LogP contribution < -0.4 is 28.5 Å². The summed E-state index contributed by atoms with van der Waals surface area (Å²) in [7, 11) is 0. The predicted octanol–water partition coefficient (Wildman–Crippen LogP) is -0.637. The zero-order chi connectivity index (χ0) is 9.68. The van der Waals surface area contributed by atoms with Crippen molar-refractivity contribution in [2.45, 2.75) is 6.54 Å². The van der Waals surface area contributed by atoms with Crippen LogP contribution in [0.15, 0.2) is 55.9 Å². The van der Waals surface area contributed by atoms with Crippen LogP contribution in [0.1, 0.15) is 5.56 Å². The van der Waals surface area contributed by atoms with Gasteiger partial charge < -0.3 is 24.0 Å². The molecule has 0 atom stereocenters. The summed E-state index contributed by atoms with van der Waals surface area (Å²) in [5.41, 5.74) is 2.14. The first-order chi connectivity index (χ1) is 6.26. The second-order valence-electron chi connectivity index (χ2n) is 2.87. The van der Waals surface area contributed by atoms with Gasteiger partial charge in [-0.05, 0) is 5.56 Å². The number of halogens is 1. The molecule has 0 spiro atoms. The summed E-state index contributed by atoms with van der Waals surface area (Å²) >= 11 is 0. The largest absolute Gasteiger partial charge is 1.00 e. The van der Waals surface area contributed by atoms with Gasteiger partial charge in [0.1, 0.15) is 0 Å². The van der Waals surface area contributed by atoms with Crippen molar-refractivity contribution in [2.24, 2.45) is 0 Å². The van der Waals surface area contributed by atoms with Crippen LogP contribution in [0.5, 0.6) is 0 Å². The summed E-state index contributed by atoms with van der Waals surface area (Å²) in [6.45, 7) is 12.0. The molecule has 1 aromatic rings. The minimum atomic E-state index is 0. The summed E-state index contributed by atoms with van der Waals surface area (Å²) < 4.78 is 2.05. The Morgan fingerprint density at radius 2 is 1.86 bits per heavy atom. The van der Waals surface area contributed by atoms with Gasteiger partial charge in [0.15, 0.2) is 18.9 Å². The summed E-state index contributed by atoms with van der Waals surface area (Å²) in [6.07, 6.45) is 7.61. The zero-order valence-electron chi connectivity index (χ0n) is 8.12. The molecule has 1 aromatic heterocycles. The van der Waals surface area contributed by atoms with E-state index in [1.54, 1.807) is 6.08 Å². The van der Waals surface area contributed by atoms with E-state index >= 15 is 0 Å². The highest BCUT2D eigenvalue weighted by atomic mass is 127. The normalized spacial score (nSPS) is 8.57. The van der Waals surface area contributed by atoms with Gasteiger partial charge in [-0.25, -0.2) is 4.57 Å². The molecule has 0 aliphatic carbocycles. The van der Waals surface area contributed by atoms with Crippen LogP contribution in [-0.2, 0) is 6.54 Å². The quantitative estimate of drug-likeness (QED) is 0.396. The van der Waals surface area contributed by atoms with E-state index in [4.69, 9.17) is 0 Å². The number of hydrogen-bond donors (Lipinski definition) is 0. The molecule has 0 N–H and O–H groups in total. The minimum Gasteiger partial charge on any atom is -1.00 e. The number of pyridine rings is 1. The topological polar surface area (TPSA) is 3.88 Å². The molecule has 0 saturated heterocycles. The van der Waals surface area contributed by atoms with E-state index in [1.807, 2.05) is 30.6 Å². The van der Waals surface area contributed by atoms with Gasteiger partial charge in [0, 0.05) is 17.7 Å². The monoisotopic (exact) mass is 299 g/mol. The fraction of sp³-hybridized carbons (Fsp3) is 0.0833. The van der Waals surface area contributed by atoms with E-state index in [9.17, 15) is 0 Å². The molecule has 1 heterocycles. The summed E-state index contributed by atoms with van der Waals surface area (Å²) in [5, 5.41) is 0. The molecule has 0 saturated carbocycles. The first-order valence-electron chi connectivity index (χ1n) is 4.18. The average molecular weight is 299 g/mol. The van der Waals surface area contributed by atoms with Crippen LogP contribution in [-0.4, -0.2) is 0 Å². The van der Waals surface area contributed by atoms with E-state index in [0.29, 0.717) is 0 Å². The second kappa shape index (κ2) is 6.54.